The molecule has 2 rings (SSSR count). The van der Waals surface area contributed by atoms with E-state index in [4.69, 9.17) is 0 Å². The predicted octanol–water partition coefficient (Wildman–Crippen LogP) is 3.89. The lowest BCUT2D eigenvalue weighted by Gasteiger charge is -2.11. The lowest BCUT2D eigenvalue weighted by atomic mass is 10.3. The molecule has 1 heterocycles. The van der Waals surface area contributed by atoms with Gasteiger partial charge in [-0.15, -0.1) is 0 Å². The fourth-order valence-electron chi connectivity index (χ4n) is 1.45. The highest BCUT2D eigenvalue weighted by molar-refractivity contribution is 14.1. The summed E-state index contributed by atoms with van der Waals surface area (Å²) in [5.74, 6) is -0.00859. The van der Waals surface area contributed by atoms with E-state index in [1.54, 1.807) is 12.1 Å². The molecule has 1 aromatic heterocycles. The fourth-order valence-corrected chi connectivity index (χ4v) is 1.81. The van der Waals surface area contributed by atoms with Gasteiger partial charge in [0.25, 0.3) is 0 Å². The minimum absolute atomic E-state index is 0.0814. The molecule has 2 aromatic rings. The first-order chi connectivity index (χ1) is 9.38. The largest absolute Gasteiger partial charge is 0.433 e. The second-order valence-electron chi connectivity index (χ2n) is 3.84. The van der Waals surface area contributed by atoms with E-state index in [2.05, 4.69) is 43.2 Å². The number of rotatable bonds is 3. The Morgan fingerprint density at radius 3 is 2.30 bits per heavy atom. The molecule has 8 heteroatoms. The molecule has 20 heavy (non-hydrogen) atoms. The van der Waals surface area contributed by atoms with Crippen LogP contribution >= 0.6 is 22.6 Å². The van der Waals surface area contributed by atoms with Gasteiger partial charge in [0.05, 0.1) is 0 Å². The van der Waals surface area contributed by atoms with Gasteiger partial charge in [-0.2, -0.15) is 18.2 Å². The van der Waals surface area contributed by atoms with Crippen LogP contribution in [-0.2, 0) is 6.18 Å². The topological polar surface area (TPSA) is 49.8 Å². The third-order valence-corrected chi connectivity index (χ3v) is 3.08. The predicted molar refractivity (Wildman–Crippen MR) is 79.0 cm³/mol. The van der Waals surface area contributed by atoms with E-state index in [1.807, 2.05) is 12.1 Å². The summed E-state index contributed by atoms with van der Waals surface area (Å²) in [5.41, 5.74) is -0.343. The Hall–Kier alpha value is -1.58. The fraction of sp³-hybridized carbons (Fsp3) is 0.167. The number of alkyl halides is 3. The zero-order chi connectivity index (χ0) is 14.8. The lowest BCUT2D eigenvalue weighted by molar-refractivity contribution is -0.141. The van der Waals surface area contributed by atoms with Crippen LogP contribution in [0.5, 0.6) is 0 Å². The van der Waals surface area contributed by atoms with Crippen molar-refractivity contribution in [2.24, 2.45) is 0 Å². The summed E-state index contributed by atoms with van der Waals surface area (Å²) < 4.78 is 39.2. The monoisotopic (exact) mass is 394 g/mol. The Kier molecular flexibility index (Phi) is 4.31. The molecule has 0 aliphatic carbocycles. The molecule has 0 atom stereocenters. The van der Waals surface area contributed by atoms with E-state index in [0.717, 1.165) is 9.64 Å². The number of anilines is 3. The van der Waals surface area contributed by atoms with Crippen LogP contribution in [-0.4, -0.2) is 17.0 Å². The van der Waals surface area contributed by atoms with Crippen molar-refractivity contribution in [2.45, 2.75) is 6.18 Å². The molecule has 0 saturated heterocycles. The molecule has 106 valence electrons. The van der Waals surface area contributed by atoms with Crippen LogP contribution < -0.4 is 10.6 Å². The maximum atomic E-state index is 12.7. The zero-order valence-electron chi connectivity index (χ0n) is 10.3. The minimum atomic E-state index is -4.52. The molecule has 0 bridgehead atoms. The van der Waals surface area contributed by atoms with Gasteiger partial charge in [0.15, 0.2) is 5.69 Å². The van der Waals surface area contributed by atoms with Gasteiger partial charge in [-0.3, -0.25) is 0 Å². The van der Waals surface area contributed by atoms with E-state index in [1.165, 1.54) is 7.05 Å². The second-order valence-corrected chi connectivity index (χ2v) is 5.09. The quantitative estimate of drug-likeness (QED) is 0.776. The number of benzene rings is 1. The van der Waals surface area contributed by atoms with E-state index in [0.29, 0.717) is 5.69 Å². The summed E-state index contributed by atoms with van der Waals surface area (Å²) >= 11 is 2.14. The molecule has 0 spiro atoms. The van der Waals surface area contributed by atoms with E-state index in [9.17, 15) is 13.2 Å². The molecule has 0 aliphatic rings. The van der Waals surface area contributed by atoms with Crippen molar-refractivity contribution in [1.82, 2.24) is 9.97 Å². The number of aromatic nitrogens is 2. The number of hydrogen-bond donors (Lipinski definition) is 2. The van der Waals surface area contributed by atoms with E-state index < -0.39 is 11.9 Å². The number of hydrogen-bond acceptors (Lipinski definition) is 4. The molecule has 0 unspecified atom stereocenters. The van der Waals surface area contributed by atoms with Crippen molar-refractivity contribution in [2.75, 3.05) is 17.7 Å². The average Bonchev–Trinajstić information content (AvgIpc) is 2.40. The Morgan fingerprint density at radius 2 is 1.75 bits per heavy atom. The van der Waals surface area contributed by atoms with Gasteiger partial charge in [-0.1, -0.05) is 0 Å². The molecule has 0 aliphatic heterocycles. The van der Waals surface area contributed by atoms with Gasteiger partial charge in [-0.05, 0) is 46.9 Å². The van der Waals surface area contributed by atoms with Crippen LogP contribution in [0.4, 0.5) is 30.6 Å². The molecule has 4 nitrogen and oxygen atoms in total. The Bertz CT molecular complexity index is 599. The summed E-state index contributed by atoms with van der Waals surface area (Å²) in [6.45, 7) is 0. The van der Waals surface area contributed by atoms with Crippen molar-refractivity contribution in [3.8, 4) is 0 Å². The molecule has 2 N–H and O–H groups in total. The van der Waals surface area contributed by atoms with Crippen LogP contribution in [0.15, 0.2) is 30.3 Å². The minimum Gasteiger partial charge on any atom is -0.357 e. The standard InChI is InChI=1S/C12H10F3IN4/c1-17-11-19-9(12(13,14)15)6-10(20-11)18-8-4-2-7(16)3-5-8/h2-6H,1H3,(H2,17,18,19,20). The Morgan fingerprint density at radius 1 is 1.10 bits per heavy atom. The third-order valence-electron chi connectivity index (χ3n) is 2.36. The van der Waals surface area contributed by atoms with Gasteiger partial charge < -0.3 is 10.6 Å². The highest BCUT2D eigenvalue weighted by Crippen LogP contribution is 2.30. The van der Waals surface area contributed by atoms with Crippen LogP contribution in [0.1, 0.15) is 5.69 Å². The van der Waals surface area contributed by atoms with Crippen molar-refractivity contribution in [3.63, 3.8) is 0 Å². The Balaban J connectivity index is 2.33. The maximum Gasteiger partial charge on any atom is 0.433 e. The molecule has 0 fully saturated rings. The second kappa shape index (κ2) is 5.81. The Labute approximate surface area is 127 Å². The summed E-state index contributed by atoms with van der Waals surface area (Å²) in [7, 11) is 1.46. The normalized spacial score (nSPS) is 11.2. The number of halogens is 4. The molecule has 0 radical (unpaired) electrons. The number of nitrogens with one attached hydrogen (secondary N) is 2. The molecule has 1 aromatic carbocycles. The van der Waals surface area contributed by atoms with Gasteiger partial charge in [-0.25, -0.2) is 4.98 Å². The molecular formula is C12H10F3IN4. The summed E-state index contributed by atoms with van der Waals surface area (Å²) in [6.07, 6.45) is -4.52. The van der Waals surface area contributed by atoms with Crippen LogP contribution in [0.25, 0.3) is 0 Å². The SMILES string of the molecule is CNc1nc(Nc2ccc(I)cc2)cc(C(F)(F)F)n1. The van der Waals surface area contributed by atoms with Gasteiger partial charge in [0.2, 0.25) is 5.95 Å². The molecular weight excluding hydrogens is 384 g/mol. The van der Waals surface area contributed by atoms with Crippen molar-refractivity contribution in [3.05, 3.63) is 39.6 Å². The van der Waals surface area contributed by atoms with Gasteiger partial charge >= 0.3 is 6.18 Å². The van der Waals surface area contributed by atoms with Gasteiger partial charge in [0, 0.05) is 22.4 Å². The lowest BCUT2D eigenvalue weighted by Crippen LogP contribution is -2.12. The molecule has 0 amide bonds. The maximum absolute atomic E-state index is 12.7. The molecule has 0 saturated carbocycles. The van der Waals surface area contributed by atoms with Crippen molar-refractivity contribution >= 4 is 40.0 Å². The van der Waals surface area contributed by atoms with Crippen molar-refractivity contribution in [1.29, 1.82) is 0 Å². The summed E-state index contributed by atoms with van der Waals surface area (Å²) in [4.78, 5) is 7.34. The first-order valence-corrected chi connectivity index (χ1v) is 6.63. The number of nitrogens with zero attached hydrogens (tertiary/aromatic N) is 2. The smallest absolute Gasteiger partial charge is 0.357 e. The van der Waals surface area contributed by atoms with E-state index >= 15 is 0 Å². The first kappa shape index (κ1) is 14.8. The van der Waals surface area contributed by atoms with Crippen LogP contribution in [0, 0.1) is 3.57 Å². The van der Waals surface area contributed by atoms with Gasteiger partial charge in [0.1, 0.15) is 5.82 Å². The summed E-state index contributed by atoms with van der Waals surface area (Å²) in [6, 6.07) is 8.08. The van der Waals surface area contributed by atoms with E-state index in [-0.39, 0.29) is 11.8 Å². The highest BCUT2D eigenvalue weighted by Gasteiger charge is 2.33. The zero-order valence-corrected chi connectivity index (χ0v) is 12.5. The van der Waals surface area contributed by atoms with Crippen LogP contribution in [0.2, 0.25) is 0 Å². The van der Waals surface area contributed by atoms with Crippen LogP contribution in [0.3, 0.4) is 0 Å². The summed E-state index contributed by atoms with van der Waals surface area (Å²) in [5, 5.41) is 5.34. The average molecular weight is 394 g/mol. The first-order valence-electron chi connectivity index (χ1n) is 5.55. The van der Waals surface area contributed by atoms with Crippen molar-refractivity contribution < 1.29 is 13.2 Å². The highest BCUT2D eigenvalue weighted by atomic mass is 127. The third kappa shape index (κ3) is 3.71.